The largest absolute Gasteiger partial charge is 0.324 e. The van der Waals surface area contributed by atoms with Crippen molar-refractivity contribution in [3.63, 3.8) is 0 Å². The van der Waals surface area contributed by atoms with E-state index in [1.807, 2.05) is 54.4 Å². The number of hydrazone groups is 1. The SMILES string of the molecule is Cc1nnc(N2N=C(c3cccc(F)c3)SC2(CCC(N)c2cccc(F)c2)c2ccccc2)s1. The molecule has 3 aromatic carbocycles. The molecule has 35 heavy (non-hydrogen) atoms. The zero-order valence-electron chi connectivity index (χ0n) is 18.9. The summed E-state index contributed by atoms with van der Waals surface area (Å²) in [6.07, 6.45) is 1.14. The number of aromatic nitrogens is 2. The number of hydrogen-bond donors (Lipinski definition) is 1. The van der Waals surface area contributed by atoms with Gasteiger partial charge in [0.15, 0.2) is 0 Å². The molecule has 0 saturated carbocycles. The summed E-state index contributed by atoms with van der Waals surface area (Å²) in [5, 5.41) is 17.5. The van der Waals surface area contributed by atoms with Crippen LogP contribution in [-0.4, -0.2) is 15.2 Å². The van der Waals surface area contributed by atoms with E-state index >= 15 is 0 Å². The first-order valence-electron chi connectivity index (χ1n) is 11.1. The van der Waals surface area contributed by atoms with Crippen molar-refractivity contribution in [1.82, 2.24) is 10.2 Å². The fourth-order valence-corrected chi connectivity index (χ4v) is 6.28. The molecule has 178 valence electrons. The molecule has 0 fully saturated rings. The third kappa shape index (κ3) is 4.84. The highest BCUT2D eigenvalue weighted by atomic mass is 32.2. The Morgan fingerprint density at radius 1 is 0.943 bits per heavy atom. The predicted octanol–water partition coefficient (Wildman–Crippen LogP) is 6.37. The molecule has 0 amide bonds. The molecule has 0 spiro atoms. The maximum absolute atomic E-state index is 14.1. The second kappa shape index (κ2) is 9.85. The van der Waals surface area contributed by atoms with Gasteiger partial charge in [-0.3, -0.25) is 0 Å². The maximum atomic E-state index is 14.1. The minimum atomic E-state index is -0.695. The van der Waals surface area contributed by atoms with E-state index in [1.165, 1.54) is 35.6 Å². The predicted molar refractivity (Wildman–Crippen MR) is 138 cm³/mol. The Morgan fingerprint density at radius 3 is 2.37 bits per heavy atom. The second-order valence-corrected chi connectivity index (χ2v) is 10.7. The molecule has 2 unspecified atom stereocenters. The second-order valence-electron chi connectivity index (χ2n) is 8.28. The lowest BCUT2D eigenvalue weighted by Crippen LogP contribution is -2.38. The van der Waals surface area contributed by atoms with E-state index in [4.69, 9.17) is 10.8 Å². The van der Waals surface area contributed by atoms with Crippen molar-refractivity contribution in [3.05, 3.63) is 112 Å². The molecule has 0 aliphatic carbocycles. The summed E-state index contributed by atoms with van der Waals surface area (Å²) in [7, 11) is 0. The minimum absolute atomic E-state index is 0.311. The highest BCUT2D eigenvalue weighted by Crippen LogP contribution is 2.53. The van der Waals surface area contributed by atoms with E-state index in [2.05, 4.69) is 10.2 Å². The van der Waals surface area contributed by atoms with Gasteiger partial charge < -0.3 is 5.73 Å². The van der Waals surface area contributed by atoms with Crippen molar-refractivity contribution < 1.29 is 8.78 Å². The van der Waals surface area contributed by atoms with Gasteiger partial charge >= 0.3 is 0 Å². The Labute approximate surface area is 210 Å². The van der Waals surface area contributed by atoms with Crippen molar-refractivity contribution in [2.45, 2.75) is 30.7 Å². The summed E-state index contributed by atoms with van der Waals surface area (Å²) in [6, 6.07) is 22.5. The molecule has 2 N–H and O–H groups in total. The first-order valence-corrected chi connectivity index (χ1v) is 12.8. The van der Waals surface area contributed by atoms with Gasteiger partial charge in [-0.15, -0.1) is 10.2 Å². The zero-order valence-corrected chi connectivity index (χ0v) is 20.6. The summed E-state index contributed by atoms with van der Waals surface area (Å²) in [4.78, 5) is -0.695. The molecule has 0 bridgehead atoms. The molecular formula is C26H23F2N5S2. The lowest BCUT2D eigenvalue weighted by atomic mass is 9.95. The molecule has 5 rings (SSSR count). The van der Waals surface area contributed by atoms with Crippen LogP contribution in [0.2, 0.25) is 0 Å². The summed E-state index contributed by atoms with van der Waals surface area (Å²) < 4.78 is 27.9. The van der Waals surface area contributed by atoms with E-state index in [1.54, 1.807) is 23.9 Å². The van der Waals surface area contributed by atoms with Gasteiger partial charge in [-0.25, -0.2) is 13.8 Å². The van der Waals surface area contributed by atoms with Crippen molar-refractivity contribution in [2.75, 3.05) is 5.01 Å². The summed E-state index contributed by atoms with van der Waals surface area (Å²) >= 11 is 2.99. The zero-order chi connectivity index (χ0) is 24.4. The first-order chi connectivity index (χ1) is 16.9. The van der Waals surface area contributed by atoms with Gasteiger partial charge in [0.2, 0.25) is 5.13 Å². The lowest BCUT2D eigenvalue weighted by Gasteiger charge is -2.36. The monoisotopic (exact) mass is 507 g/mol. The van der Waals surface area contributed by atoms with Crippen LogP contribution in [0.5, 0.6) is 0 Å². The Morgan fingerprint density at radius 2 is 1.69 bits per heavy atom. The maximum Gasteiger partial charge on any atom is 0.230 e. The number of thioether (sulfide) groups is 1. The molecule has 0 saturated heterocycles. The van der Waals surface area contributed by atoms with Crippen molar-refractivity contribution in [2.24, 2.45) is 10.8 Å². The highest BCUT2D eigenvalue weighted by Gasteiger charge is 2.47. The van der Waals surface area contributed by atoms with Gasteiger partial charge in [-0.1, -0.05) is 77.7 Å². The lowest BCUT2D eigenvalue weighted by molar-refractivity contribution is 0.484. The molecule has 1 aliphatic rings. The quantitative estimate of drug-likeness (QED) is 0.315. The van der Waals surface area contributed by atoms with Crippen LogP contribution in [0.25, 0.3) is 0 Å². The number of nitrogens with two attached hydrogens (primary N) is 1. The number of rotatable bonds is 7. The van der Waals surface area contributed by atoms with Crippen LogP contribution in [0.4, 0.5) is 13.9 Å². The van der Waals surface area contributed by atoms with E-state index < -0.39 is 4.87 Å². The summed E-state index contributed by atoms with van der Waals surface area (Å²) in [5.74, 6) is -0.636. The van der Waals surface area contributed by atoms with E-state index in [9.17, 15) is 8.78 Å². The van der Waals surface area contributed by atoms with Crippen LogP contribution in [0, 0.1) is 18.6 Å². The number of halogens is 2. The third-order valence-electron chi connectivity index (χ3n) is 5.86. The van der Waals surface area contributed by atoms with Crippen molar-refractivity contribution >= 4 is 33.3 Å². The topological polar surface area (TPSA) is 67.4 Å². The molecule has 1 aromatic heterocycles. The van der Waals surface area contributed by atoms with Gasteiger partial charge in [-0.2, -0.15) is 5.10 Å². The van der Waals surface area contributed by atoms with Crippen LogP contribution in [0.1, 0.15) is 40.6 Å². The van der Waals surface area contributed by atoms with Crippen LogP contribution < -0.4 is 10.7 Å². The molecule has 1 aliphatic heterocycles. The van der Waals surface area contributed by atoms with Gasteiger partial charge in [0.05, 0.1) is 0 Å². The van der Waals surface area contributed by atoms with Gasteiger partial charge in [0.25, 0.3) is 0 Å². The Bertz CT molecular complexity index is 1360. The Kier molecular flexibility index (Phi) is 6.64. The number of anilines is 1. The Balaban J connectivity index is 1.57. The number of benzene rings is 3. The average Bonchev–Trinajstić information content (AvgIpc) is 3.47. The Hall–Kier alpha value is -3.14. The first kappa shape index (κ1) is 23.6. The average molecular weight is 508 g/mol. The highest BCUT2D eigenvalue weighted by molar-refractivity contribution is 8.15. The number of hydrogen-bond acceptors (Lipinski definition) is 7. The fourth-order valence-electron chi connectivity index (χ4n) is 4.14. The van der Waals surface area contributed by atoms with Crippen LogP contribution in [0.15, 0.2) is 84.0 Å². The molecule has 5 nitrogen and oxygen atoms in total. The van der Waals surface area contributed by atoms with E-state index in [0.29, 0.717) is 28.6 Å². The van der Waals surface area contributed by atoms with Crippen molar-refractivity contribution in [3.8, 4) is 0 Å². The molecule has 2 atom stereocenters. The molecule has 4 aromatic rings. The van der Waals surface area contributed by atoms with Crippen molar-refractivity contribution in [1.29, 1.82) is 0 Å². The summed E-state index contributed by atoms with van der Waals surface area (Å²) in [5.41, 5.74) is 8.96. The van der Waals surface area contributed by atoms with E-state index in [0.717, 1.165) is 16.1 Å². The standard InChI is InChI=1S/C26H23F2N5S2/c1-17-30-31-25(34-17)33-26(20-9-3-2-4-10-20,14-13-23(29)18-7-5-11-21(27)15-18)35-24(32-33)19-8-6-12-22(28)16-19/h2-12,15-16,23H,13-14,29H2,1H3. The molecule has 2 heterocycles. The smallest absolute Gasteiger partial charge is 0.230 e. The minimum Gasteiger partial charge on any atom is -0.324 e. The van der Waals surface area contributed by atoms with Crippen LogP contribution in [-0.2, 0) is 4.87 Å². The third-order valence-corrected chi connectivity index (χ3v) is 8.14. The fraction of sp³-hybridized carbons (Fsp3) is 0.192. The van der Waals surface area contributed by atoms with Crippen LogP contribution >= 0.6 is 23.1 Å². The van der Waals surface area contributed by atoms with Gasteiger partial charge in [0, 0.05) is 11.6 Å². The summed E-state index contributed by atoms with van der Waals surface area (Å²) in [6.45, 7) is 1.89. The van der Waals surface area contributed by atoms with Gasteiger partial charge in [-0.05, 0) is 55.2 Å². The molecular weight excluding hydrogens is 484 g/mol. The molecule has 9 heteroatoms. The van der Waals surface area contributed by atoms with Gasteiger partial charge in [0.1, 0.15) is 26.6 Å². The number of aryl methyl sites for hydroxylation is 1. The number of nitrogens with zero attached hydrogens (tertiary/aromatic N) is 4. The van der Waals surface area contributed by atoms with Crippen LogP contribution in [0.3, 0.4) is 0 Å². The molecule has 0 radical (unpaired) electrons. The normalized spacial score (nSPS) is 18.5. The van der Waals surface area contributed by atoms with E-state index in [-0.39, 0.29) is 17.7 Å².